The standard InChI is InChI=1S/C24H22BNO4/c1-23(2)24(3,4)30-25(29-23)14-9-10-17-15(11-14)16-12-21-22(13-18(16)26-17)28-20-8-6-5-7-19(20)27-21/h5-13,26H,1-4H3. The molecule has 0 saturated carbocycles. The maximum absolute atomic E-state index is 6.24. The zero-order valence-corrected chi connectivity index (χ0v) is 17.4. The predicted octanol–water partition coefficient (Wildman–Crippen LogP) is 5.52. The molecular formula is C24H22BNO4. The van der Waals surface area contributed by atoms with E-state index in [9.17, 15) is 0 Å². The highest BCUT2D eigenvalue weighted by molar-refractivity contribution is 6.62. The number of hydrogen-bond donors (Lipinski definition) is 1. The van der Waals surface area contributed by atoms with Gasteiger partial charge in [-0.3, -0.25) is 0 Å². The van der Waals surface area contributed by atoms with Crippen LogP contribution in [0.25, 0.3) is 21.8 Å². The molecule has 0 spiro atoms. The average molecular weight is 399 g/mol. The van der Waals surface area contributed by atoms with Crippen molar-refractivity contribution in [3.05, 3.63) is 54.6 Å². The molecule has 0 aliphatic carbocycles. The summed E-state index contributed by atoms with van der Waals surface area (Å²) in [6, 6.07) is 18.0. The fourth-order valence-corrected chi connectivity index (χ4v) is 4.07. The zero-order valence-electron chi connectivity index (χ0n) is 17.4. The molecule has 4 aromatic rings. The highest BCUT2D eigenvalue weighted by Gasteiger charge is 2.51. The monoisotopic (exact) mass is 399 g/mol. The first-order valence-electron chi connectivity index (χ1n) is 10.2. The zero-order chi connectivity index (χ0) is 20.7. The number of fused-ring (bicyclic) bond motifs is 5. The molecule has 6 heteroatoms. The van der Waals surface area contributed by atoms with Crippen LogP contribution in [0.4, 0.5) is 0 Å². The van der Waals surface area contributed by atoms with Crippen molar-refractivity contribution in [3.63, 3.8) is 0 Å². The summed E-state index contributed by atoms with van der Waals surface area (Å²) in [6.07, 6.45) is 0. The average Bonchev–Trinajstić information content (AvgIpc) is 3.16. The first kappa shape index (κ1) is 17.9. The van der Waals surface area contributed by atoms with E-state index in [-0.39, 0.29) is 11.2 Å². The Morgan fingerprint density at radius 3 is 1.93 bits per heavy atom. The van der Waals surface area contributed by atoms with Crippen LogP contribution in [0.15, 0.2) is 54.6 Å². The molecular weight excluding hydrogens is 377 g/mol. The Hall–Kier alpha value is -2.96. The molecule has 150 valence electrons. The molecule has 0 atom stereocenters. The van der Waals surface area contributed by atoms with Crippen LogP contribution in [-0.4, -0.2) is 23.3 Å². The molecule has 3 heterocycles. The first-order valence-corrected chi connectivity index (χ1v) is 10.2. The van der Waals surface area contributed by atoms with Crippen LogP contribution >= 0.6 is 0 Å². The third-order valence-electron chi connectivity index (χ3n) is 6.50. The van der Waals surface area contributed by atoms with Gasteiger partial charge in [-0.05, 0) is 57.4 Å². The van der Waals surface area contributed by atoms with Crippen LogP contribution in [0.5, 0.6) is 23.0 Å². The number of nitrogens with one attached hydrogen (secondary N) is 1. The van der Waals surface area contributed by atoms with Gasteiger partial charge in [-0.25, -0.2) is 0 Å². The number of H-pyrrole nitrogens is 1. The van der Waals surface area contributed by atoms with Gasteiger partial charge in [0.25, 0.3) is 0 Å². The van der Waals surface area contributed by atoms with Gasteiger partial charge in [0.15, 0.2) is 23.0 Å². The normalized spacial score (nSPS) is 18.7. The molecule has 0 radical (unpaired) electrons. The molecule has 1 fully saturated rings. The minimum absolute atomic E-state index is 0.371. The molecule has 0 unspecified atom stereocenters. The molecule has 2 aliphatic heterocycles. The number of para-hydroxylation sites is 2. The summed E-state index contributed by atoms with van der Waals surface area (Å²) in [6.45, 7) is 8.27. The van der Waals surface area contributed by atoms with E-state index in [2.05, 4.69) is 50.9 Å². The summed E-state index contributed by atoms with van der Waals surface area (Å²) >= 11 is 0. The largest absolute Gasteiger partial charge is 0.494 e. The second kappa shape index (κ2) is 5.81. The van der Waals surface area contributed by atoms with Crippen LogP contribution in [0.3, 0.4) is 0 Å². The number of rotatable bonds is 1. The summed E-state index contributed by atoms with van der Waals surface area (Å²) in [7, 11) is -0.395. The summed E-state index contributed by atoms with van der Waals surface area (Å²) < 4.78 is 24.6. The van der Waals surface area contributed by atoms with Gasteiger partial charge in [0.1, 0.15) is 0 Å². The van der Waals surface area contributed by atoms with Gasteiger partial charge in [-0.1, -0.05) is 24.3 Å². The highest BCUT2D eigenvalue weighted by Crippen LogP contribution is 2.47. The molecule has 2 aliphatic rings. The van der Waals surface area contributed by atoms with Crippen molar-refractivity contribution >= 4 is 34.4 Å². The molecule has 5 nitrogen and oxygen atoms in total. The number of aromatic nitrogens is 1. The highest BCUT2D eigenvalue weighted by atomic mass is 16.7. The van der Waals surface area contributed by atoms with Gasteiger partial charge >= 0.3 is 7.12 Å². The minimum Gasteiger partial charge on any atom is -0.449 e. The fraction of sp³-hybridized carbons (Fsp3) is 0.250. The van der Waals surface area contributed by atoms with Crippen molar-refractivity contribution in [2.75, 3.05) is 0 Å². The van der Waals surface area contributed by atoms with Crippen molar-refractivity contribution in [1.29, 1.82) is 0 Å². The van der Waals surface area contributed by atoms with Crippen LogP contribution in [0, 0.1) is 0 Å². The van der Waals surface area contributed by atoms with Crippen LogP contribution < -0.4 is 14.9 Å². The number of ether oxygens (including phenoxy) is 2. The maximum Gasteiger partial charge on any atom is 0.494 e. The third-order valence-corrected chi connectivity index (χ3v) is 6.50. The van der Waals surface area contributed by atoms with Crippen molar-refractivity contribution in [1.82, 2.24) is 4.98 Å². The molecule has 1 saturated heterocycles. The Morgan fingerprint density at radius 2 is 1.27 bits per heavy atom. The third kappa shape index (κ3) is 2.50. The van der Waals surface area contributed by atoms with E-state index in [0.717, 1.165) is 38.8 Å². The first-order chi connectivity index (χ1) is 14.3. The van der Waals surface area contributed by atoms with E-state index in [1.165, 1.54) is 0 Å². The van der Waals surface area contributed by atoms with Gasteiger partial charge in [-0.2, -0.15) is 0 Å². The SMILES string of the molecule is CC1(C)OB(c2ccc3[nH]c4cc5c(cc4c3c2)Oc2ccccc2O5)OC1(C)C. The van der Waals surface area contributed by atoms with Crippen molar-refractivity contribution in [2.45, 2.75) is 38.9 Å². The Bertz CT molecular complexity index is 1310. The lowest BCUT2D eigenvalue weighted by atomic mass is 9.78. The molecule has 6 rings (SSSR count). The number of hydrogen-bond acceptors (Lipinski definition) is 4. The second-order valence-electron chi connectivity index (χ2n) is 9.01. The summed E-state index contributed by atoms with van der Waals surface area (Å²) in [5.41, 5.74) is 2.31. The summed E-state index contributed by atoms with van der Waals surface area (Å²) in [4.78, 5) is 3.49. The lowest BCUT2D eigenvalue weighted by Crippen LogP contribution is -2.41. The van der Waals surface area contributed by atoms with E-state index in [1.54, 1.807) is 0 Å². The lowest BCUT2D eigenvalue weighted by molar-refractivity contribution is 0.00578. The van der Waals surface area contributed by atoms with E-state index in [4.69, 9.17) is 18.8 Å². The van der Waals surface area contributed by atoms with E-state index in [0.29, 0.717) is 11.5 Å². The Morgan fingerprint density at radius 1 is 0.667 bits per heavy atom. The van der Waals surface area contributed by atoms with Crippen molar-refractivity contribution in [2.24, 2.45) is 0 Å². The predicted molar refractivity (Wildman–Crippen MR) is 118 cm³/mol. The van der Waals surface area contributed by atoms with Gasteiger partial charge in [0, 0.05) is 22.4 Å². The summed E-state index contributed by atoms with van der Waals surface area (Å²) in [5, 5.41) is 2.17. The smallest absolute Gasteiger partial charge is 0.449 e. The molecule has 1 N–H and O–H groups in total. The Labute approximate surface area is 175 Å². The van der Waals surface area contributed by atoms with Crippen molar-refractivity contribution in [3.8, 4) is 23.0 Å². The summed E-state index contributed by atoms with van der Waals surface area (Å²) in [5.74, 6) is 2.87. The van der Waals surface area contributed by atoms with E-state index < -0.39 is 7.12 Å². The number of aromatic amines is 1. The van der Waals surface area contributed by atoms with Gasteiger partial charge in [0.05, 0.1) is 16.7 Å². The molecule has 0 bridgehead atoms. The van der Waals surface area contributed by atoms with Crippen LogP contribution in [0.2, 0.25) is 0 Å². The van der Waals surface area contributed by atoms with E-state index >= 15 is 0 Å². The van der Waals surface area contributed by atoms with Crippen molar-refractivity contribution < 1.29 is 18.8 Å². The van der Waals surface area contributed by atoms with Crippen LogP contribution in [-0.2, 0) is 9.31 Å². The topological polar surface area (TPSA) is 52.7 Å². The van der Waals surface area contributed by atoms with Crippen LogP contribution in [0.1, 0.15) is 27.7 Å². The molecule has 1 aromatic heterocycles. The fourth-order valence-electron chi connectivity index (χ4n) is 4.07. The van der Waals surface area contributed by atoms with Gasteiger partial charge in [-0.15, -0.1) is 0 Å². The molecule has 30 heavy (non-hydrogen) atoms. The number of benzene rings is 3. The molecule has 3 aromatic carbocycles. The lowest BCUT2D eigenvalue weighted by Gasteiger charge is -2.32. The minimum atomic E-state index is -0.395. The Balaban J connectivity index is 1.45. The van der Waals surface area contributed by atoms with E-state index in [1.807, 2.05) is 36.4 Å². The molecule has 0 amide bonds. The quantitative estimate of drug-likeness (QED) is 0.377. The maximum atomic E-state index is 6.24. The van der Waals surface area contributed by atoms with Gasteiger partial charge < -0.3 is 23.8 Å². The van der Waals surface area contributed by atoms with Gasteiger partial charge in [0.2, 0.25) is 0 Å². The Kier molecular flexibility index (Phi) is 3.46. The second-order valence-corrected chi connectivity index (χ2v) is 9.01.